The van der Waals surface area contributed by atoms with Crippen LogP contribution in [0.5, 0.6) is 5.75 Å². The predicted molar refractivity (Wildman–Crippen MR) is 114 cm³/mol. The highest BCUT2D eigenvalue weighted by Gasteiger charge is 2.21. The van der Waals surface area contributed by atoms with Crippen LogP contribution in [-0.2, 0) is 37.4 Å². The van der Waals surface area contributed by atoms with Crippen LogP contribution in [-0.4, -0.2) is 53.4 Å². The zero-order valence-corrected chi connectivity index (χ0v) is 18.3. The summed E-state index contributed by atoms with van der Waals surface area (Å²) in [5.41, 5.74) is 0.560. The maximum Gasteiger partial charge on any atom is 0.339 e. The van der Waals surface area contributed by atoms with Crippen molar-refractivity contribution < 1.29 is 42.9 Å². The Morgan fingerprint density at radius 1 is 0.970 bits per heavy atom. The normalized spacial score (nSPS) is 12.0. The number of phenols is 1. The van der Waals surface area contributed by atoms with Crippen LogP contribution >= 0.6 is 0 Å². The van der Waals surface area contributed by atoms with Gasteiger partial charge in [-0.1, -0.05) is 24.3 Å². The Hall–Kier alpha value is -3.77. The van der Waals surface area contributed by atoms with Crippen LogP contribution in [0.25, 0.3) is 0 Å². The lowest BCUT2D eigenvalue weighted by atomic mass is 10.1. The fourth-order valence-electron chi connectivity index (χ4n) is 2.79. The monoisotopic (exact) mass is 478 g/mol. The molecule has 5 N–H and O–H groups in total. The van der Waals surface area contributed by atoms with Gasteiger partial charge in [-0.2, -0.15) is 0 Å². The van der Waals surface area contributed by atoms with Gasteiger partial charge in [-0.25, -0.2) is 17.9 Å². The quantitative estimate of drug-likeness (QED) is 0.309. The van der Waals surface area contributed by atoms with Crippen molar-refractivity contribution >= 4 is 33.7 Å². The number of carbonyl (C=O) groups is 4. The van der Waals surface area contributed by atoms with Gasteiger partial charge in [-0.15, -0.1) is 0 Å². The molecule has 0 aliphatic rings. The molecule has 2 aromatic carbocycles. The summed E-state index contributed by atoms with van der Waals surface area (Å²) in [7, 11) is -4.06. The minimum Gasteiger partial charge on any atom is -0.507 e. The number of aliphatic carboxylic acids is 1. The van der Waals surface area contributed by atoms with E-state index in [4.69, 9.17) is 10.2 Å². The molecule has 0 aliphatic carbocycles. The summed E-state index contributed by atoms with van der Waals surface area (Å²) in [4.78, 5) is 45.1. The van der Waals surface area contributed by atoms with Crippen LogP contribution in [0, 0.1) is 0 Å². The van der Waals surface area contributed by atoms with Crippen molar-refractivity contribution in [3.63, 3.8) is 0 Å². The maximum atomic E-state index is 12.4. The lowest BCUT2D eigenvalue weighted by Crippen LogP contribution is -2.41. The van der Waals surface area contributed by atoms with Crippen molar-refractivity contribution in [1.29, 1.82) is 0 Å². The van der Waals surface area contributed by atoms with Crippen LogP contribution < -0.4 is 10.0 Å². The Bertz CT molecular complexity index is 1170. The topological polar surface area (TPSA) is 187 Å². The molecule has 1 atom stereocenters. The van der Waals surface area contributed by atoms with Gasteiger partial charge >= 0.3 is 11.9 Å². The molecular formula is C21H22N2O9S. The predicted octanol–water partition coefficient (Wildman–Crippen LogP) is 0.660. The van der Waals surface area contributed by atoms with Crippen LogP contribution in [0.3, 0.4) is 0 Å². The third-order valence-electron chi connectivity index (χ3n) is 4.57. The fraction of sp³-hybridized carbons (Fsp3) is 0.238. The Labute approximate surface area is 189 Å². The van der Waals surface area contributed by atoms with Gasteiger partial charge in [-0.05, 0) is 36.2 Å². The van der Waals surface area contributed by atoms with Gasteiger partial charge in [0.1, 0.15) is 11.3 Å². The number of amides is 1. The molecule has 0 spiro atoms. The molecule has 2 aromatic rings. The summed E-state index contributed by atoms with van der Waals surface area (Å²) in [5, 5.41) is 29.7. The van der Waals surface area contributed by atoms with E-state index >= 15 is 0 Å². The van der Waals surface area contributed by atoms with E-state index in [1.165, 1.54) is 6.92 Å². The highest BCUT2D eigenvalue weighted by Crippen LogP contribution is 2.21. The van der Waals surface area contributed by atoms with E-state index in [-0.39, 0.29) is 17.9 Å². The number of carboxylic acids is 2. The number of Topliss-reactive ketones (excluding diaryl/α,β-unsaturated/α-hetero) is 1. The molecule has 0 aliphatic heterocycles. The van der Waals surface area contributed by atoms with Gasteiger partial charge in [0, 0.05) is 6.54 Å². The van der Waals surface area contributed by atoms with E-state index in [0.29, 0.717) is 11.1 Å². The summed E-state index contributed by atoms with van der Waals surface area (Å²) in [6, 6.07) is 8.08. The standard InChI is InChI=1S/C21H22N2O9S/c1-12(24)17(10-20(27)28)23-19(26)8-13-2-4-14(5-3-13)11-22-33(31,32)15-6-7-18(25)16(9-15)21(29)30/h2-7,9,17,22,25H,8,10-11H2,1H3,(H,23,26)(H,27,28)(H,29,30)/t17-/m0/s1. The average Bonchev–Trinajstić information content (AvgIpc) is 2.72. The zero-order chi connectivity index (χ0) is 24.8. The second-order valence-electron chi connectivity index (χ2n) is 7.13. The van der Waals surface area contributed by atoms with Crippen molar-refractivity contribution in [3.05, 3.63) is 59.2 Å². The molecule has 11 nitrogen and oxygen atoms in total. The maximum absolute atomic E-state index is 12.4. The van der Waals surface area contributed by atoms with Crippen molar-refractivity contribution in [3.8, 4) is 5.75 Å². The number of hydrogen-bond acceptors (Lipinski definition) is 7. The third kappa shape index (κ3) is 7.40. The molecule has 176 valence electrons. The number of rotatable bonds is 11. The lowest BCUT2D eigenvalue weighted by molar-refractivity contribution is -0.139. The summed E-state index contributed by atoms with van der Waals surface area (Å²) >= 11 is 0. The Kier molecular flexibility index (Phi) is 8.26. The number of carboxylic acid groups (broad SMARTS) is 2. The Morgan fingerprint density at radius 2 is 1.58 bits per heavy atom. The fourth-order valence-corrected chi connectivity index (χ4v) is 3.84. The van der Waals surface area contributed by atoms with E-state index in [9.17, 15) is 32.7 Å². The number of nitrogens with one attached hydrogen (secondary N) is 2. The molecule has 1 amide bonds. The first-order valence-corrected chi connectivity index (χ1v) is 11.0. The zero-order valence-electron chi connectivity index (χ0n) is 17.4. The number of ketones is 1. The minimum atomic E-state index is -4.06. The van der Waals surface area contributed by atoms with Crippen LogP contribution in [0.2, 0.25) is 0 Å². The van der Waals surface area contributed by atoms with Crippen LogP contribution in [0.15, 0.2) is 47.4 Å². The number of hydrogen-bond donors (Lipinski definition) is 5. The van der Waals surface area contributed by atoms with E-state index in [1.54, 1.807) is 24.3 Å². The smallest absolute Gasteiger partial charge is 0.339 e. The van der Waals surface area contributed by atoms with Gasteiger partial charge in [0.25, 0.3) is 0 Å². The van der Waals surface area contributed by atoms with Crippen LogP contribution in [0.1, 0.15) is 34.8 Å². The number of aromatic hydroxyl groups is 1. The molecule has 0 saturated carbocycles. The van der Waals surface area contributed by atoms with Gasteiger partial charge in [0.2, 0.25) is 15.9 Å². The summed E-state index contributed by atoms with van der Waals surface area (Å²) in [6.07, 6.45) is -0.629. The molecule has 33 heavy (non-hydrogen) atoms. The van der Waals surface area contributed by atoms with Crippen molar-refractivity contribution in [2.75, 3.05) is 0 Å². The number of carbonyl (C=O) groups excluding carboxylic acids is 2. The highest BCUT2D eigenvalue weighted by atomic mass is 32.2. The van der Waals surface area contributed by atoms with E-state index in [1.807, 2.05) is 0 Å². The Morgan fingerprint density at radius 3 is 2.12 bits per heavy atom. The molecule has 0 radical (unpaired) electrons. The van der Waals surface area contributed by atoms with E-state index in [0.717, 1.165) is 18.2 Å². The molecule has 0 saturated heterocycles. The minimum absolute atomic E-state index is 0.110. The summed E-state index contributed by atoms with van der Waals surface area (Å²) < 4.78 is 27.2. The van der Waals surface area contributed by atoms with Crippen LogP contribution in [0.4, 0.5) is 0 Å². The molecule has 0 fully saturated rings. The van der Waals surface area contributed by atoms with E-state index < -0.39 is 57.4 Å². The third-order valence-corrected chi connectivity index (χ3v) is 5.97. The molecule has 12 heteroatoms. The molecule has 0 heterocycles. The van der Waals surface area contributed by atoms with Gasteiger partial charge < -0.3 is 20.6 Å². The highest BCUT2D eigenvalue weighted by molar-refractivity contribution is 7.89. The number of benzene rings is 2. The van der Waals surface area contributed by atoms with Crippen molar-refractivity contribution in [1.82, 2.24) is 10.0 Å². The van der Waals surface area contributed by atoms with Gasteiger partial charge in [-0.3, -0.25) is 14.4 Å². The molecule has 2 rings (SSSR count). The lowest BCUT2D eigenvalue weighted by Gasteiger charge is -2.14. The molecule has 0 aromatic heterocycles. The molecular weight excluding hydrogens is 456 g/mol. The summed E-state index contributed by atoms with van der Waals surface area (Å²) in [6.45, 7) is 1.06. The number of sulfonamides is 1. The second-order valence-corrected chi connectivity index (χ2v) is 8.90. The average molecular weight is 478 g/mol. The SMILES string of the molecule is CC(=O)[C@H](CC(=O)O)NC(=O)Cc1ccc(CNS(=O)(=O)c2ccc(O)c(C(=O)O)c2)cc1. The first-order chi connectivity index (χ1) is 15.4. The van der Waals surface area contributed by atoms with Gasteiger partial charge in [0.15, 0.2) is 5.78 Å². The largest absolute Gasteiger partial charge is 0.507 e. The molecule has 0 unspecified atom stereocenters. The molecule has 0 bridgehead atoms. The second kappa shape index (κ2) is 10.7. The van der Waals surface area contributed by atoms with Crippen molar-refractivity contribution in [2.45, 2.75) is 37.2 Å². The Balaban J connectivity index is 2.00. The van der Waals surface area contributed by atoms with Gasteiger partial charge in [0.05, 0.1) is 23.8 Å². The van der Waals surface area contributed by atoms with Crippen molar-refractivity contribution in [2.24, 2.45) is 0 Å². The first-order valence-electron chi connectivity index (χ1n) is 9.54. The number of aromatic carboxylic acids is 1. The van der Waals surface area contributed by atoms with E-state index in [2.05, 4.69) is 10.0 Å². The first kappa shape index (κ1) is 25.5. The summed E-state index contributed by atoms with van der Waals surface area (Å²) in [5.74, 6) is -4.25.